The SMILES string of the molecule is O=S(=O)(Cl)c1ccc2c(c1)CSC2. The van der Waals surface area contributed by atoms with Crippen molar-refractivity contribution in [1.29, 1.82) is 0 Å². The van der Waals surface area contributed by atoms with E-state index < -0.39 is 9.05 Å². The van der Waals surface area contributed by atoms with Gasteiger partial charge >= 0.3 is 0 Å². The minimum Gasteiger partial charge on any atom is -0.207 e. The summed E-state index contributed by atoms with van der Waals surface area (Å²) in [5.41, 5.74) is 2.31. The zero-order valence-electron chi connectivity index (χ0n) is 6.66. The van der Waals surface area contributed by atoms with E-state index in [0.717, 1.165) is 17.1 Å². The predicted molar refractivity (Wildman–Crippen MR) is 54.5 cm³/mol. The van der Waals surface area contributed by atoms with Crippen molar-refractivity contribution >= 4 is 31.5 Å². The second kappa shape index (κ2) is 3.19. The smallest absolute Gasteiger partial charge is 0.207 e. The fraction of sp³-hybridized carbons (Fsp3) is 0.250. The minimum atomic E-state index is -3.56. The lowest BCUT2D eigenvalue weighted by Crippen LogP contribution is -1.92. The third-order valence-corrected chi connectivity index (χ3v) is 4.36. The van der Waals surface area contributed by atoms with Crippen LogP contribution in [0.15, 0.2) is 23.1 Å². The van der Waals surface area contributed by atoms with E-state index in [4.69, 9.17) is 10.7 Å². The quantitative estimate of drug-likeness (QED) is 0.700. The molecule has 70 valence electrons. The molecule has 0 amide bonds. The summed E-state index contributed by atoms with van der Waals surface area (Å²) in [5.74, 6) is 1.85. The summed E-state index contributed by atoms with van der Waals surface area (Å²) < 4.78 is 22.0. The van der Waals surface area contributed by atoms with Crippen LogP contribution in [-0.4, -0.2) is 8.42 Å². The molecule has 1 aromatic rings. The molecule has 13 heavy (non-hydrogen) atoms. The van der Waals surface area contributed by atoms with E-state index in [2.05, 4.69) is 0 Å². The highest BCUT2D eigenvalue weighted by Crippen LogP contribution is 2.31. The van der Waals surface area contributed by atoms with E-state index in [1.165, 1.54) is 5.56 Å². The summed E-state index contributed by atoms with van der Waals surface area (Å²) in [7, 11) is 1.66. The molecule has 0 unspecified atom stereocenters. The van der Waals surface area contributed by atoms with Crippen molar-refractivity contribution in [3.8, 4) is 0 Å². The number of rotatable bonds is 1. The van der Waals surface area contributed by atoms with Crippen molar-refractivity contribution in [2.45, 2.75) is 16.4 Å². The Kier molecular flexibility index (Phi) is 2.30. The monoisotopic (exact) mass is 234 g/mol. The van der Waals surface area contributed by atoms with Gasteiger partial charge in [0.1, 0.15) is 0 Å². The molecule has 0 atom stereocenters. The van der Waals surface area contributed by atoms with Crippen LogP contribution in [-0.2, 0) is 20.6 Å². The Morgan fingerprint density at radius 2 is 1.92 bits per heavy atom. The van der Waals surface area contributed by atoms with Crippen LogP contribution in [0.25, 0.3) is 0 Å². The predicted octanol–water partition coefficient (Wildman–Crippen LogP) is 2.36. The zero-order chi connectivity index (χ0) is 9.47. The van der Waals surface area contributed by atoms with Gasteiger partial charge in [-0.1, -0.05) is 6.07 Å². The molecule has 2 rings (SSSR count). The third-order valence-electron chi connectivity index (χ3n) is 1.97. The van der Waals surface area contributed by atoms with Crippen molar-refractivity contribution in [2.75, 3.05) is 0 Å². The molecule has 0 spiro atoms. The highest BCUT2D eigenvalue weighted by molar-refractivity contribution is 8.13. The second-order valence-corrected chi connectivity index (χ2v) is 6.41. The highest BCUT2D eigenvalue weighted by Gasteiger charge is 2.16. The van der Waals surface area contributed by atoms with Crippen LogP contribution < -0.4 is 0 Å². The van der Waals surface area contributed by atoms with Crippen LogP contribution in [0.1, 0.15) is 11.1 Å². The largest absolute Gasteiger partial charge is 0.261 e. The molecular formula is C8H7ClO2S2. The topological polar surface area (TPSA) is 34.1 Å². The summed E-state index contributed by atoms with van der Waals surface area (Å²) in [6.07, 6.45) is 0. The van der Waals surface area contributed by atoms with Crippen LogP contribution in [0.5, 0.6) is 0 Å². The Balaban J connectivity index is 2.54. The van der Waals surface area contributed by atoms with Crippen LogP contribution in [0.2, 0.25) is 0 Å². The average molecular weight is 235 g/mol. The molecule has 0 radical (unpaired) electrons. The van der Waals surface area contributed by atoms with Gasteiger partial charge in [-0.15, -0.1) is 0 Å². The molecule has 0 aromatic heterocycles. The fourth-order valence-electron chi connectivity index (χ4n) is 1.30. The maximum atomic E-state index is 11.0. The van der Waals surface area contributed by atoms with E-state index in [0.29, 0.717) is 0 Å². The minimum absolute atomic E-state index is 0.204. The van der Waals surface area contributed by atoms with Crippen LogP contribution >= 0.6 is 22.4 Å². The highest BCUT2D eigenvalue weighted by atomic mass is 35.7. The lowest BCUT2D eigenvalue weighted by Gasteiger charge is -1.99. The van der Waals surface area contributed by atoms with Gasteiger partial charge in [0.15, 0.2) is 0 Å². The normalized spacial score (nSPS) is 15.8. The third kappa shape index (κ3) is 1.85. The zero-order valence-corrected chi connectivity index (χ0v) is 9.05. The fourth-order valence-corrected chi connectivity index (χ4v) is 3.19. The molecule has 0 saturated carbocycles. The number of fused-ring (bicyclic) bond motifs is 1. The summed E-state index contributed by atoms with van der Waals surface area (Å²) >= 11 is 1.78. The van der Waals surface area contributed by atoms with Crippen LogP contribution in [0.4, 0.5) is 0 Å². The average Bonchev–Trinajstić information content (AvgIpc) is 2.47. The first kappa shape index (κ1) is 9.37. The summed E-state index contributed by atoms with van der Waals surface area (Å²) in [4.78, 5) is 0.204. The Morgan fingerprint density at radius 3 is 2.62 bits per heavy atom. The van der Waals surface area contributed by atoms with E-state index in [1.54, 1.807) is 23.9 Å². The lowest BCUT2D eigenvalue weighted by molar-refractivity contribution is 0.609. The molecule has 5 heteroatoms. The van der Waals surface area contributed by atoms with Gasteiger partial charge in [-0.3, -0.25) is 0 Å². The molecule has 1 aliphatic rings. The summed E-state index contributed by atoms with van der Waals surface area (Å²) in [6.45, 7) is 0. The first-order valence-electron chi connectivity index (χ1n) is 3.71. The van der Waals surface area contributed by atoms with Gasteiger partial charge in [0.2, 0.25) is 0 Å². The van der Waals surface area contributed by atoms with Crippen molar-refractivity contribution in [3.05, 3.63) is 29.3 Å². The Morgan fingerprint density at radius 1 is 1.23 bits per heavy atom. The van der Waals surface area contributed by atoms with Crippen molar-refractivity contribution in [2.24, 2.45) is 0 Å². The van der Waals surface area contributed by atoms with Crippen molar-refractivity contribution in [3.63, 3.8) is 0 Å². The Hall–Kier alpha value is -0.190. The molecule has 0 fully saturated rings. The molecule has 1 heterocycles. The molecule has 0 saturated heterocycles. The standard InChI is InChI=1S/C8H7ClO2S2/c9-13(10,11)8-2-1-6-4-12-5-7(6)3-8/h1-3H,4-5H2. The van der Waals surface area contributed by atoms with Gasteiger partial charge in [0, 0.05) is 22.2 Å². The summed E-state index contributed by atoms with van der Waals surface area (Å²) in [5, 5.41) is 0. The van der Waals surface area contributed by atoms with Gasteiger partial charge in [0.25, 0.3) is 9.05 Å². The van der Waals surface area contributed by atoms with Gasteiger partial charge in [-0.2, -0.15) is 11.8 Å². The maximum Gasteiger partial charge on any atom is 0.261 e. The van der Waals surface area contributed by atoms with E-state index in [9.17, 15) is 8.42 Å². The Labute approximate surface area is 85.7 Å². The number of thioether (sulfide) groups is 1. The molecule has 0 aliphatic carbocycles. The van der Waals surface area contributed by atoms with Crippen molar-refractivity contribution in [1.82, 2.24) is 0 Å². The van der Waals surface area contributed by atoms with Gasteiger partial charge in [0.05, 0.1) is 4.90 Å². The summed E-state index contributed by atoms with van der Waals surface area (Å²) in [6, 6.07) is 5.06. The van der Waals surface area contributed by atoms with E-state index in [-0.39, 0.29) is 4.90 Å². The molecule has 1 aliphatic heterocycles. The second-order valence-electron chi connectivity index (χ2n) is 2.86. The van der Waals surface area contributed by atoms with Gasteiger partial charge in [-0.05, 0) is 23.3 Å². The van der Waals surface area contributed by atoms with Gasteiger partial charge in [-0.25, -0.2) is 8.42 Å². The molecule has 0 N–H and O–H groups in total. The van der Waals surface area contributed by atoms with Crippen LogP contribution in [0.3, 0.4) is 0 Å². The van der Waals surface area contributed by atoms with Crippen molar-refractivity contribution < 1.29 is 8.42 Å². The Bertz CT molecular complexity index is 439. The molecular weight excluding hydrogens is 228 g/mol. The number of benzene rings is 1. The molecule has 1 aromatic carbocycles. The van der Waals surface area contributed by atoms with Crippen LogP contribution in [0, 0.1) is 0 Å². The first-order chi connectivity index (χ1) is 6.07. The number of halogens is 1. The van der Waals surface area contributed by atoms with E-state index in [1.807, 2.05) is 6.07 Å². The number of hydrogen-bond acceptors (Lipinski definition) is 3. The lowest BCUT2D eigenvalue weighted by atomic mass is 10.1. The molecule has 0 bridgehead atoms. The van der Waals surface area contributed by atoms with E-state index >= 15 is 0 Å². The number of hydrogen-bond donors (Lipinski definition) is 0. The maximum absolute atomic E-state index is 11.0. The molecule has 2 nitrogen and oxygen atoms in total. The first-order valence-corrected chi connectivity index (χ1v) is 7.18. The van der Waals surface area contributed by atoms with Gasteiger partial charge < -0.3 is 0 Å².